The number of aryl methyl sites for hydroxylation is 1. The summed E-state index contributed by atoms with van der Waals surface area (Å²) in [6, 6.07) is 1.99. The fourth-order valence-corrected chi connectivity index (χ4v) is 1.76. The maximum absolute atomic E-state index is 5.70. The van der Waals surface area contributed by atoms with Gasteiger partial charge in [-0.25, -0.2) is 0 Å². The van der Waals surface area contributed by atoms with Gasteiger partial charge in [-0.05, 0) is 24.0 Å². The summed E-state index contributed by atoms with van der Waals surface area (Å²) >= 11 is 5.04. The van der Waals surface area contributed by atoms with Gasteiger partial charge in [0.15, 0.2) is 0 Å². The van der Waals surface area contributed by atoms with E-state index in [0.717, 1.165) is 16.8 Å². The van der Waals surface area contributed by atoms with Gasteiger partial charge in [-0.2, -0.15) is 0 Å². The molecule has 0 amide bonds. The molecule has 14 heavy (non-hydrogen) atoms. The molecule has 1 heterocycles. The molecule has 0 aromatic carbocycles. The Morgan fingerprint density at radius 1 is 1.43 bits per heavy atom. The van der Waals surface area contributed by atoms with Crippen molar-refractivity contribution in [3.63, 3.8) is 0 Å². The molecule has 0 aliphatic heterocycles. The van der Waals surface area contributed by atoms with Gasteiger partial charge in [0.2, 0.25) is 0 Å². The number of pyridine rings is 1. The first-order valence-electron chi connectivity index (χ1n) is 4.60. The Morgan fingerprint density at radius 3 is 2.36 bits per heavy atom. The predicted octanol–water partition coefficient (Wildman–Crippen LogP) is 2.32. The number of nitrogens with two attached hydrogens (primary N) is 1. The van der Waals surface area contributed by atoms with Crippen molar-refractivity contribution in [3.8, 4) is 0 Å². The van der Waals surface area contributed by atoms with E-state index >= 15 is 0 Å². The molecule has 0 aliphatic rings. The van der Waals surface area contributed by atoms with Crippen molar-refractivity contribution in [1.82, 2.24) is 4.98 Å². The van der Waals surface area contributed by atoms with Crippen molar-refractivity contribution >= 4 is 17.2 Å². The summed E-state index contributed by atoms with van der Waals surface area (Å²) in [5.74, 6) is 0. The topological polar surface area (TPSA) is 38.9 Å². The second kappa shape index (κ2) is 3.65. The Morgan fingerprint density at radius 2 is 2.00 bits per heavy atom. The van der Waals surface area contributed by atoms with Crippen LogP contribution in [0.2, 0.25) is 0 Å². The number of hydrogen-bond donors (Lipinski definition) is 1. The van der Waals surface area contributed by atoms with Gasteiger partial charge in [0.05, 0.1) is 0 Å². The highest BCUT2D eigenvalue weighted by Crippen LogP contribution is 2.26. The van der Waals surface area contributed by atoms with Crippen LogP contribution < -0.4 is 5.73 Å². The van der Waals surface area contributed by atoms with Crippen molar-refractivity contribution < 1.29 is 0 Å². The van der Waals surface area contributed by atoms with Crippen molar-refractivity contribution in [3.05, 3.63) is 29.1 Å². The SMILES string of the molecule is Cc1nccc(C(C)(C)C)c1C(N)=S. The van der Waals surface area contributed by atoms with Crippen LogP contribution in [0.15, 0.2) is 12.3 Å². The molecule has 2 nitrogen and oxygen atoms in total. The zero-order valence-electron chi connectivity index (χ0n) is 9.09. The summed E-state index contributed by atoms with van der Waals surface area (Å²) in [5.41, 5.74) is 8.75. The van der Waals surface area contributed by atoms with E-state index in [1.807, 2.05) is 13.0 Å². The lowest BCUT2D eigenvalue weighted by atomic mass is 9.84. The molecule has 0 aliphatic carbocycles. The van der Waals surface area contributed by atoms with Crippen LogP contribution in [0.25, 0.3) is 0 Å². The second-order valence-corrected chi connectivity index (χ2v) is 4.87. The third-order valence-corrected chi connectivity index (χ3v) is 2.40. The van der Waals surface area contributed by atoms with Crippen LogP contribution in [-0.2, 0) is 5.41 Å². The molecule has 0 saturated carbocycles. The molecular formula is C11H16N2S. The number of aromatic nitrogens is 1. The smallest absolute Gasteiger partial charge is 0.106 e. The molecule has 0 radical (unpaired) electrons. The van der Waals surface area contributed by atoms with Crippen molar-refractivity contribution in [2.24, 2.45) is 5.73 Å². The maximum atomic E-state index is 5.70. The zero-order chi connectivity index (χ0) is 10.9. The summed E-state index contributed by atoms with van der Waals surface area (Å²) < 4.78 is 0. The Hall–Kier alpha value is -0.960. The minimum Gasteiger partial charge on any atom is -0.389 e. The van der Waals surface area contributed by atoms with Gasteiger partial charge in [0.25, 0.3) is 0 Å². The summed E-state index contributed by atoms with van der Waals surface area (Å²) in [6.45, 7) is 8.36. The van der Waals surface area contributed by atoms with E-state index in [0.29, 0.717) is 4.99 Å². The lowest BCUT2D eigenvalue weighted by molar-refractivity contribution is 0.587. The van der Waals surface area contributed by atoms with Crippen molar-refractivity contribution in [2.45, 2.75) is 33.1 Å². The van der Waals surface area contributed by atoms with Gasteiger partial charge in [-0.3, -0.25) is 4.98 Å². The monoisotopic (exact) mass is 208 g/mol. The zero-order valence-corrected chi connectivity index (χ0v) is 9.90. The van der Waals surface area contributed by atoms with Gasteiger partial charge in [0.1, 0.15) is 4.99 Å². The van der Waals surface area contributed by atoms with Crippen LogP contribution in [0, 0.1) is 6.92 Å². The molecular weight excluding hydrogens is 192 g/mol. The molecule has 1 aromatic rings. The fraction of sp³-hybridized carbons (Fsp3) is 0.455. The van der Waals surface area contributed by atoms with Gasteiger partial charge in [-0.1, -0.05) is 33.0 Å². The molecule has 0 unspecified atom stereocenters. The van der Waals surface area contributed by atoms with Crippen LogP contribution in [0.4, 0.5) is 0 Å². The Balaban J connectivity index is 3.44. The highest BCUT2D eigenvalue weighted by Gasteiger charge is 2.20. The molecule has 0 spiro atoms. The summed E-state index contributed by atoms with van der Waals surface area (Å²) in [7, 11) is 0. The van der Waals surface area contributed by atoms with E-state index < -0.39 is 0 Å². The van der Waals surface area contributed by atoms with Gasteiger partial charge < -0.3 is 5.73 Å². The largest absolute Gasteiger partial charge is 0.389 e. The molecule has 76 valence electrons. The van der Waals surface area contributed by atoms with E-state index in [1.54, 1.807) is 6.20 Å². The average Bonchev–Trinajstić information content (AvgIpc) is 2.01. The fourth-order valence-electron chi connectivity index (χ4n) is 1.50. The number of thiocarbonyl (C=S) groups is 1. The quantitative estimate of drug-likeness (QED) is 0.720. The Labute approximate surface area is 90.5 Å². The third-order valence-electron chi connectivity index (χ3n) is 2.19. The van der Waals surface area contributed by atoms with E-state index in [1.165, 1.54) is 0 Å². The predicted molar refractivity (Wildman–Crippen MR) is 63.6 cm³/mol. The van der Waals surface area contributed by atoms with E-state index in [-0.39, 0.29) is 5.41 Å². The first-order chi connectivity index (χ1) is 6.34. The molecule has 0 saturated heterocycles. The summed E-state index contributed by atoms with van der Waals surface area (Å²) in [6.07, 6.45) is 1.80. The van der Waals surface area contributed by atoms with Crippen LogP contribution in [0.5, 0.6) is 0 Å². The van der Waals surface area contributed by atoms with Crippen molar-refractivity contribution in [1.29, 1.82) is 0 Å². The highest BCUT2D eigenvalue weighted by atomic mass is 32.1. The van der Waals surface area contributed by atoms with E-state index in [4.69, 9.17) is 18.0 Å². The molecule has 0 fully saturated rings. The maximum Gasteiger partial charge on any atom is 0.106 e. The van der Waals surface area contributed by atoms with Crippen LogP contribution in [-0.4, -0.2) is 9.97 Å². The number of hydrogen-bond acceptors (Lipinski definition) is 2. The summed E-state index contributed by atoms with van der Waals surface area (Å²) in [4.78, 5) is 4.64. The Kier molecular flexibility index (Phi) is 2.90. The van der Waals surface area contributed by atoms with E-state index in [2.05, 4.69) is 25.8 Å². The minimum atomic E-state index is 0.0481. The molecule has 1 aromatic heterocycles. The third kappa shape index (κ3) is 2.10. The van der Waals surface area contributed by atoms with Gasteiger partial charge >= 0.3 is 0 Å². The van der Waals surface area contributed by atoms with Crippen LogP contribution in [0.3, 0.4) is 0 Å². The number of rotatable bonds is 1. The number of nitrogens with zero attached hydrogens (tertiary/aromatic N) is 1. The molecule has 0 bridgehead atoms. The lowest BCUT2D eigenvalue weighted by Gasteiger charge is -2.23. The van der Waals surface area contributed by atoms with Crippen molar-refractivity contribution in [2.75, 3.05) is 0 Å². The Bertz CT molecular complexity index is 364. The first-order valence-corrected chi connectivity index (χ1v) is 5.00. The van der Waals surface area contributed by atoms with Gasteiger partial charge in [-0.15, -0.1) is 0 Å². The molecule has 0 atom stereocenters. The average molecular weight is 208 g/mol. The summed E-state index contributed by atoms with van der Waals surface area (Å²) in [5, 5.41) is 0. The van der Waals surface area contributed by atoms with E-state index in [9.17, 15) is 0 Å². The molecule has 2 N–H and O–H groups in total. The second-order valence-electron chi connectivity index (χ2n) is 4.43. The minimum absolute atomic E-state index is 0.0481. The molecule has 1 rings (SSSR count). The highest BCUT2D eigenvalue weighted by molar-refractivity contribution is 7.80. The molecule has 3 heteroatoms. The van der Waals surface area contributed by atoms with Crippen LogP contribution in [0.1, 0.15) is 37.6 Å². The first kappa shape index (κ1) is 11.1. The standard InChI is InChI=1S/C11H16N2S/c1-7-9(10(12)14)8(5-6-13-7)11(2,3)4/h5-6H,1-4H3,(H2,12,14). The normalized spacial score (nSPS) is 11.4. The van der Waals surface area contributed by atoms with Crippen LogP contribution >= 0.6 is 12.2 Å². The lowest BCUT2D eigenvalue weighted by Crippen LogP contribution is -2.22. The van der Waals surface area contributed by atoms with Gasteiger partial charge in [0, 0.05) is 17.5 Å².